The molecule has 3 aliphatic rings. The number of rotatable bonds is 9. The lowest BCUT2D eigenvalue weighted by atomic mass is 10.1. The van der Waals surface area contributed by atoms with E-state index in [0.717, 1.165) is 56.6 Å². The Hall–Kier alpha value is -3.12. The molecule has 3 aromatic rings. The molecule has 2 aliphatic heterocycles. The number of fused-ring (bicyclic) bond motifs is 1. The highest BCUT2D eigenvalue weighted by Crippen LogP contribution is 2.38. The zero-order valence-electron chi connectivity index (χ0n) is 26.8. The number of nitrogens with one attached hydrogen (secondary N) is 2. The van der Waals surface area contributed by atoms with Gasteiger partial charge in [-0.2, -0.15) is 4.37 Å². The number of piperazine rings is 1. The van der Waals surface area contributed by atoms with Gasteiger partial charge in [-0.3, -0.25) is 4.79 Å². The molecule has 1 aliphatic carbocycles. The van der Waals surface area contributed by atoms with Crippen molar-refractivity contribution in [1.29, 1.82) is 0 Å². The number of carbonyl (C=O) groups is 1. The smallest absolute Gasteiger partial charge is 0.341 e. The van der Waals surface area contributed by atoms with E-state index in [9.17, 15) is 24.2 Å². The fourth-order valence-electron chi connectivity index (χ4n) is 5.21. The maximum atomic E-state index is 14.6. The van der Waals surface area contributed by atoms with Crippen LogP contribution in [0, 0.1) is 5.82 Å². The van der Waals surface area contributed by atoms with Crippen LogP contribution in [0.2, 0.25) is 0 Å². The van der Waals surface area contributed by atoms with Gasteiger partial charge in [-0.15, -0.1) is 16.8 Å². The summed E-state index contributed by atoms with van der Waals surface area (Å²) in [4.78, 5) is 27.8. The van der Waals surface area contributed by atoms with Crippen LogP contribution in [0.3, 0.4) is 0 Å². The first-order valence-electron chi connectivity index (χ1n) is 15.3. The molecule has 1 saturated carbocycles. The SMILES string of the molecule is CC(C)(C)NC[C@H](O)COc1nsnc1N1CCOCC1.Cl.O.O=C(O)c1cn(C2CC2)c2cc(N3CCNCC3)c(F)cc2c1=O. The number of carboxylic acid groups (broad SMARTS) is 1. The molecule has 0 bridgehead atoms. The van der Waals surface area contributed by atoms with Gasteiger partial charge in [0.15, 0.2) is 0 Å². The Morgan fingerprint density at radius 1 is 1.17 bits per heavy atom. The van der Waals surface area contributed by atoms with Crippen LogP contribution in [0.4, 0.5) is 15.9 Å². The lowest BCUT2D eigenvalue weighted by molar-refractivity contribution is 0.0694. The number of hydrogen-bond donors (Lipinski definition) is 4. The predicted molar refractivity (Wildman–Crippen MR) is 182 cm³/mol. The van der Waals surface area contributed by atoms with Crippen molar-refractivity contribution in [3.63, 3.8) is 0 Å². The average Bonchev–Trinajstić information content (AvgIpc) is 3.76. The van der Waals surface area contributed by atoms with Crippen molar-refractivity contribution in [2.75, 3.05) is 75.4 Å². The first-order valence-corrected chi connectivity index (χ1v) is 16.0. The maximum absolute atomic E-state index is 14.6. The molecule has 0 spiro atoms. The van der Waals surface area contributed by atoms with Gasteiger partial charge >= 0.3 is 5.97 Å². The number of pyridine rings is 1. The fraction of sp³-hybridized carbons (Fsp3) is 0.600. The summed E-state index contributed by atoms with van der Waals surface area (Å²) in [7, 11) is 0. The number of halogens is 2. The van der Waals surface area contributed by atoms with Gasteiger partial charge in [0.05, 0.1) is 36.1 Å². The van der Waals surface area contributed by atoms with Crippen LogP contribution in [0.1, 0.15) is 50.0 Å². The molecule has 6 rings (SSSR count). The maximum Gasteiger partial charge on any atom is 0.341 e. The number of ether oxygens (including phenoxy) is 2. The number of β-amino-alcohol motifs (C(OH)–C–C–N with tert-alkyl or cyclic N) is 1. The fourth-order valence-corrected chi connectivity index (χ4v) is 5.73. The number of aliphatic hydroxyl groups is 1. The summed E-state index contributed by atoms with van der Waals surface area (Å²) < 4.78 is 35.8. The van der Waals surface area contributed by atoms with E-state index in [0.29, 0.717) is 49.9 Å². The van der Waals surface area contributed by atoms with Crippen LogP contribution >= 0.6 is 24.1 Å². The number of morpholine rings is 1. The van der Waals surface area contributed by atoms with E-state index in [-0.39, 0.29) is 47.0 Å². The second kappa shape index (κ2) is 16.8. The standard InChI is InChI=1S/C17H18FN3O3.C13H24N4O3S.ClH.H2O/c18-13-7-11-14(8-15(13)20-5-3-19-4-6-20)21(10-1-2-10)9-12(16(11)22)17(23)24;1-13(2,3)14-8-10(18)9-20-12-11(15-21-16-12)17-4-6-19-7-5-17;;/h7-10,19H,1-6H2,(H,23,24);10,14,18H,4-9H2,1-3H3;1H;1H2/t;10-;;/m.0../s1. The molecule has 0 amide bonds. The van der Waals surface area contributed by atoms with Crippen molar-refractivity contribution in [1.82, 2.24) is 23.9 Å². The van der Waals surface area contributed by atoms with E-state index in [4.69, 9.17) is 9.47 Å². The van der Waals surface area contributed by atoms with Crippen LogP contribution in [-0.2, 0) is 4.74 Å². The second-order valence-electron chi connectivity index (χ2n) is 12.5. The minimum atomic E-state index is -1.28. The van der Waals surface area contributed by atoms with Crippen molar-refractivity contribution >= 4 is 52.5 Å². The predicted octanol–water partition coefficient (Wildman–Crippen LogP) is 1.68. The van der Waals surface area contributed by atoms with Crippen LogP contribution < -0.4 is 30.6 Å². The van der Waals surface area contributed by atoms with Crippen molar-refractivity contribution in [2.45, 2.75) is 51.3 Å². The molecule has 3 fully saturated rings. The van der Waals surface area contributed by atoms with E-state index in [1.807, 2.05) is 9.47 Å². The minimum Gasteiger partial charge on any atom is -0.477 e. The highest BCUT2D eigenvalue weighted by Gasteiger charge is 2.28. The molecule has 262 valence electrons. The molecular formula is C30H45ClFN7O7S. The summed E-state index contributed by atoms with van der Waals surface area (Å²) in [6.07, 6.45) is 2.71. The Balaban J connectivity index is 0.000000247. The van der Waals surface area contributed by atoms with Crippen molar-refractivity contribution in [2.24, 2.45) is 0 Å². The Labute approximate surface area is 282 Å². The van der Waals surface area contributed by atoms with Gasteiger partial charge in [0.1, 0.15) is 24.1 Å². The second-order valence-corrected chi connectivity index (χ2v) is 13.0. The number of aromatic nitrogens is 3. The number of carboxylic acids is 1. The van der Waals surface area contributed by atoms with Gasteiger partial charge in [-0.05, 0) is 45.7 Å². The Morgan fingerprint density at radius 2 is 1.85 bits per heavy atom. The summed E-state index contributed by atoms with van der Waals surface area (Å²) in [5.41, 5.74) is 0.134. The summed E-state index contributed by atoms with van der Waals surface area (Å²) in [5.74, 6) is -0.509. The zero-order chi connectivity index (χ0) is 32.1. The Morgan fingerprint density at radius 3 is 2.47 bits per heavy atom. The first-order chi connectivity index (χ1) is 21.5. The summed E-state index contributed by atoms with van der Waals surface area (Å²) >= 11 is 1.12. The largest absolute Gasteiger partial charge is 0.477 e. The summed E-state index contributed by atoms with van der Waals surface area (Å²) in [6.45, 7) is 12.8. The van der Waals surface area contributed by atoms with Crippen molar-refractivity contribution in [3.8, 4) is 5.88 Å². The molecular weight excluding hydrogens is 657 g/mol. The van der Waals surface area contributed by atoms with E-state index in [1.54, 1.807) is 6.07 Å². The Kier molecular flexibility index (Phi) is 13.7. The summed E-state index contributed by atoms with van der Waals surface area (Å²) in [5, 5.41) is 25.8. The van der Waals surface area contributed by atoms with Gasteiger partial charge in [0.25, 0.3) is 5.88 Å². The van der Waals surface area contributed by atoms with Crippen molar-refractivity contribution < 1.29 is 34.3 Å². The summed E-state index contributed by atoms with van der Waals surface area (Å²) in [6, 6.07) is 3.08. The molecule has 1 aromatic carbocycles. The first kappa shape index (κ1) is 38.3. The quantitative estimate of drug-likeness (QED) is 0.253. The third kappa shape index (κ3) is 9.95. The highest BCUT2D eigenvalue weighted by molar-refractivity contribution is 6.99. The molecule has 4 heterocycles. The number of aliphatic hydroxyl groups excluding tert-OH is 1. The molecule has 0 radical (unpaired) electrons. The molecule has 2 aromatic heterocycles. The number of benzene rings is 1. The van der Waals surface area contributed by atoms with E-state index >= 15 is 0 Å². The van der Waals surface area contributed by atoms with E-state index in [2.05, 4.69) is 45.1 Å². The van der Waals surface area contributed by atoms with Gasteiger partial charge in [0.2, 0.25) is 11.2 Å². The lowest BCUT2D eigenvalue weighted by Gasteiger charge is -2.30. The third-order valence-corrected chi connectivity index (χ3v) is 8.26. The van der Waals surface area contributed by atoms with Gasteiger partial charge in [-0.25, -0.2) is 9.18 Å². The molecule has 47 heavy (non-hydrogen) atoms. The molecule has 17 heteroatoms. The third-order valence-electron chi connectivity index (χ3n) is 7.76. The number of aromatic carboxylic acids is 1. The van der Waals surface area contributed by atoms with Gasteiger partial charge in [0, 0.05) is 69.0 Å². The van der Waals surface area contributed by atoms with Gasteiger partial charge in [-0.1, -0.05) is 0 Å². The van der Waals surface area contributed by atoms with Gasteiger partial charge < -0.3 is 50.2 Å². The van der Waals surface area contributed by atoms with Crippen LogP contribution in [-0.4, -0.2) is 112 Å². The number of nitrogens with zero attached hydrogens (tertiary/aromatic N) is 5. The molecule has 2 saturated heterocycles. The number of hydrogen-bond acceptors (Lipinski definition) is 12. The monoisotopic (exact) mass is 701 g/mol. The zero-order valence-corrected chi connectivity index (χ0v) is 28.5. The van der Waals surface area contributed by atoms with Crippen molar-refractivity contribution in [3.05, 3.63) is 39.9 Å². The average molecular weight is 702 g/mol. The molecule has 1 atom stereocenters. The lowest BCUT2D eigenvalue weighted by Crippen LogP contribution is -2.43. The van der Waals surface area contributed by atoms with Crippen LogP contribution in [0.15, 0.2) is 23.1 Å². The van der Waals surface area contributed by atoms with E-state index in [1.165, 1.54) is 12.3 Å². The molecule has 0 unspecified atom stereocenters. The number of anilines is 2. The highest BCUT2D eigenvalue weighted by atomic mass is 35.5. The van der Waals surface area contributed by atoms with Crippen LogP contribution in [0.5, 0.6) is 5.88 Å². The van der Waals surface area contributed by atoms with Crippen LogP contribution in [0.25, 0.3) is 10.9 Å². The normalized spacial score (nSPS) is 17.2. The molecule has 6 N–H and O–H groups in total. The Bertz CT molecular complexity index is 1540. The molecule has 14 nitrogen and oxygen atoms in total. The topological polar surface area (TPSA) is 186 Å². The minimum absolute atomic E-state index is 0. The van der Waals surface area contributed by atoms with E-state index < -0.39 is 23.3 Å².